The van der Waals surface area contributed by atoms with Crippen LogP contribution in [-0.2, 0) is 11.2 Å². The predicted octanol–water partition coefficient (Wildman–Crippen LogP) is 3.68. The van der Waals surface area contributed by atoms with E-state index >= 15 is 0 Å². The fourth-order valence-electron chi connectivity index (χ4n) is 4.05. The quantitative estimate of drug-likeness (QED) is 0.510. The van der Waals surface area contributed by atoms with E-state index in [0.717, 1.165) is 24.0 Å². The number of methoxy groups -OCH3 is 4. The number of carbonyl (C=O) groups is 1. The second-order valence-electron chi connectivity index (χ2n) is 7.64. The second-order valence-corrected chi connectivity index (χ2v) is 7.64. The van der Waals surface area contributed by atoms with Gasteiger partial charge in [-0.05, 0) is 48.7 Å². The molecular formula is C24H27N3O6. The standard InChI is InChI=1S/C24H27N3O6/c1-29-18-9-7-15(12-20(18)31-3)13-22(28)27-11-5-6-17(27)24-25-23(26-33-24)16-8-10-19(30-2)21(14-16)32-4/h7-10,12,14,17H,5-6,11,13H2,1-4H3/t17-/m1/s1. The first kappa shape index (κ1) is 22.4. The summed E-state index contributed by atoms with van der Waals surface area (Å²) in [7, 11) is 6.31. The lowest BCUT2D eigenvalue weighted by Crippen LogP contribution is -2.32. The third-order valence-corrected chi connectivity index (χ3v) is 5.74. The molecule has 1 saturated heterocycles. The molecule has 2 aromatic carbocycles. The Bertz CT molecular complexity index is 1130. The number of carbonyl (C=O) groups excluding carboxylic acids is 1. The molecule has 2 heterocycles. The Balaban J connectivity index is 1.51. The Kier molecular flexibility index (Phi) is 6.67. The van der Waals surface area contributed by atoms with Gasteiger partial charge < -0.3 is 28.4 Å². The molecule has 9 nitrogen and oxygen atoms in total. The monoisotopic (exact) mass is 453 g/mol. The number of benzene rings is 2. The number of hydrogen-bond acceptors (Lipinski definition) is 8. The Morgan fingerprint density at radius 2 is 1.64 bits per heavy atom. The molecule has 0 aliphatic carbocycles. The highest BCUT2D eigenvalue weighted by atomic mass is 16.5. The molecule has 33 heavy (non-hydrogen) atoms. The van der Waals surface area contributed by atoms with Crippen LogP contribution in [0, 0.1) is 0 Å². The van der Waals surface area contributed by atoms with E-state index in [9.17, 15) is 4.79 Å². The minimum absolute atomic E-state index is 0.00409. The van der Waals surface area contributed by atoms with Crippen molar-refractivity contribution < 1.29 is 28.3 Å². The summed E-state index contributed by atoms with van der Waals surface area (Å²) in [6, 6.07) is 10.7. The molecule has 1 aliphatic rings. The lowest BCUT2D eigenvalue weighted by molar-refractivity contribution is -0.131. The molecule has 9 heteroatoms. The fraction of sp³-hybridized carbons (Fsp3) is 0.375. The van der Waals surface area contributed by atoms with Gasteiger partial charge in [-0.1, -0.05) is 11.2 Å². The van der Waals surface area contributed by atoms with Crippen molar-refractivity contribution in [3.8, 4) is 34.4 Å². The summed E-state index contributed by atoms with van der Waals surface area (Å²) in [5.74, 6) is 3.28. The third kappa shape index (κ3) is 4.57. The highest BCUT2D eigenvalue weighted by molar-refractivity contribution is 5.79. The minimum Gasteiger partial charge on any atom is -0.493 e. The first-order valence-electron chi connectivity index (χ1n) is 10.6. The smallest absolute Gasteiger partial charge is 0.249 e. The van der Waals surface area contributed by atoms with E-state index < -0.39 is 0 Å². The molecule has 0 bridgehead atoms. The number of ether oxygens (including phenoxy) is 4. The van der Waals surface area contributed by atoms with Crippen molar-refractivity contribution >= 4 is 5.91 Å². The zero-order valence-corrected chi connectivity index (χ0v) is 19.2. The Labute approximate surface area is 192 Å². The minimum atomic E-state index is -0.251. The van der Waals surface area contributed by atoms with E-state index in [1.165, 1.54) is 0 Å². The van der Waals surface area contributed by atoms with Crippen molar-refractivity contribution in [2.75, 3.05) is 35.0 Å². The van der Waals surface area contributed by atoms with Crippen molar-refractivity contribution in [2.24, 2.45) is 0 Å². The summed E-state index contributed by atoms with van der Waals surface area (Å²) in [6.45, 7) is 0.644. The summed E-state index contributed by atoms with van der Waals surface area (Å²) in [4.78, 5) is 19.5. The van der Waals surface area contributed by atoms with Crippen molar-refractivity contribution in [3.63, 3.8) is 0 Å². The van der Waals surface area contributed by atoms with Crippen LogP contribution in [0.3, 0.4) is 0 Å². The zero-order valence-electron chi connectivity index (χ0n) is 19.2. The van der Waals surface area contributed by atoms with Crippen LogP contribution in [0.4, 0.5) is 0 Å². The predicted molar refractivity (Wildman–Crippen MR) is 120 cm³/mol. The summed E-state index contributed by atoms with van der Waals surface area (Å²) in [5.41, 5.74) is 1.59. The number of nitrogens with zero attached hydrogens (tertiary/aromatic N) is 3. The van der Waals surface area contributed by atoms with Crippen molar-refractivity contribution in [1.82, 2.24) is 15.0 Å². The Morgan fingerprint density at radius 1 is 0.970 bits per heavy atom. The van der Waals surface area contributed by atoms with E-state index in [-0.39, 0.29) is 18.4 Å². The Hall–Kier alpha value is -3.75. The van der Waals surface area contributed by atoms with Gasteiger partial charge in [0.1, 0.15) is 6.04 Å². The lowest BCUT2D eigenvalue weighted by atomic mass is 10.1. The molecule has 4 rings (SSSR count). The van der Waals surface area contributed by atoms with Gasteiger partial charge in [-0.15, -0.1) is 0 Å². The van der Waals surface area contributed by atoms with E-state index in [4.69, 9.17) is 23.5 Å². The molecule has 174 valence electrons. The topological polar surface area (TPSA) is 96.2 Å². The van der Waals surface area contributed by atoms with Crippen LogP contribution in [0.2, 0.25) is 0 Å². The summed E-state index contributed by atoms with van der Waals surface area (Å²) in [6.07, 6.45) is 1.88. The van der Waals surface area contributed by atoms with Gasteiger partial charge in [0, 0.05) is 12.1 Å². The Morgan fingerprint density at radius 3 is 2.33 bits per heavy atom. The van der Waals surface area contributed by atoms with Gasteiger partial charge >= 0.3 is 0 Å². The average Bonchev–Trinajstić information content (AvgIpc) is 3.53. The maximum atomic E-state index is 13.1. The second kappa shape index (κ2) is 9.81. The first-order valence-corrected chi connectivity index (χ1v) is 10.6. The van der Waals surface area contributed by atoms with Crippen LogP contribution in [-0.4, -0.2) is 55.9 Å². The summed E-state index contributed by atoms with van der Waals surface area (Å²) < 4.78 is 26.8. The van der Waals surface area contributed by atoms with Gasteiger partial charge in [0.2, 0.25) is 17.6 Å². The third-order valence-electron chi connectivity index (χ3n) is 5.74. The largest absolute Gasteiger partial charge is 0.493 e. The lowest BCUT2D eigenvalue weighted by Gasteiger charge is -2.22. The van der Waals surface area contributed by atoms with Gasteiger partial charge in [0.25, 0.3) is 0 Å². The van der Waals surface area contributed by atoms with Gasteiger partial charge in [0.15, 0.2) is 23.0 Å². The number of rotatable bonds is 8. The van der Waals surface area contributed by atoms with Gasteiger partial charge in [0.05, 0.1) is 34.9 Å². The molecular weight excluding hydrogens is 426 g/mol. The molecule has 0 saturated carbocycles. The molecule has 1 aliphatic heterocycles. The molecule has 1 aromatic heterocycles. The summed E-state index contributed by atoms with van der Waals surface area (Å²) in [5, 5.41) is 4.13. The van der Waals surface area contributed by atoms with E-state index in [1.54, 1.807) is 46.6 Å². The van der Waals surface area contributed by atoms with Crippen molar-refractivity contribution in [3.05, 3.63) is 47.9 Å². The number of hydrogen-bond donors (Lipinski definition) is 0. The summed E-state index contributed by atoms with van der Waals surface area (Å²) >= 11 is 0. The highest BCUT2D eigenvalue weighted by Crippen LogP contribution is 2.35. The van der Waals surface area contributed by atoms with E-state index in [2.05, 4.69) is 10.1 Å². The van der Waals surface area contributed by atoms with Gasteiger partial charge in [-0.25, -0.2) is 0 Å². The fourth-order valence-corrected chi connectivity index (χ4v) is 4.05. The van der Waals surface area contributed by atoms with E-state index in [1.807, 2.05) is 23.1 Å². The van der Waals surface area contributed by atoms with Crippen LogP contribution in [0.15, 0.2) is 40.9 Å². The number of aromatic nitrogens is 2. The highest BCUT2D eigenvalue weighted by Gasteiger charge is 2.34. The van der Waals surface area contributed by atoms with E-state index in [0.29, 0.717) is 41.3 Å². The normalized spacial score (nSPS) is 15.4. The molecule has 0 unspecified atom stereocenters. The SMILES string of the molecule is COc1ccc(CC(=O)N2CCC[C@@H]2c2nc(-c3ccc(OC)c(OC)c3)no2)cc1OC. The zero-order chi connectivity index (χ0) is 23.4. The molecule has 1 atom stereocenters. The first-order chi connectivity index (χ1) is 16.1. The maximum Gasteiger partial charge on any atom is 0.249 e. The van der Waals surface area contributed by atoms with Crippen LogP contribution >= 0.6 is 0 Å². The molecule has 3 aromatic rings. The number of amides is 1. The molecule has 0 radical (unpaired) electrons. The van der Waals surface area contributed by atoms with Crippen molar-refractivity contribution in [1.29, 1.82) is 0 Å². The molecule has 1 fully saturated rings. The van der Waals surface area contributed by atoms with Crippen LogP contribution in [0.25, 0.3) is 11.4 Å². The molecule has 0 N–H and O–H groups in total. The average molecular weight is 453 g/mol. The van der Waals surface area contributed by atoms with Crippen LogP contribution < -0.4 is 18.9 Å². The molecule has 1 amide bonds. The van der Waals surface area contributed by atoms with Gasteiger partial charge in [-0.2, -0.15) is 4.98 Å². The maximum absolute atomic E-state index is 13.1. The van der Waals surface area contributed by atoms with Crippen LogP contribution in [0.1, 0.15) is 30.3 Å². The van der Waals surface area contributed by atoms with Gasteiger partial charge in [-0.3, -0.25) is 4.79 Å². The van der Waals surface area contributed by atoms with Crippen molar-refractivity contribution in [2.45, 2.75) is 25.3 Å². The van der Waals surface area contributed by atoms with Crippen LogP contribution in [0.5, 0.6) is 23.0 Å². The molecule has 0 spiro atoms. The number of likely N-dealkylation sites (tertiary alicyclic amines) is 1.